The summed E-state index contributed by atoms with van der Waals surface area (Å²) < 4.78 is 0. The summed E-state index contributed by atoms with van der Waals surface area (Å²) in [5.41, 5.74) is 8.74. The Labute approximate surface area is 115 Å². The highest BCUT2D eigenvalue weighted by Gasteiger charge is 2.13. The van der Waals surface area contributed by atoms with Gasteiger partial charge in [0.1, 0.15) is 10.1 Å². The first-order valence-corrected chi connectivity index (χ1v) is 6.64. The van der Waals surface area contributed by atoms with E-state index in [1.54, 1.807) is 18.3 Å². The number of rotatable bonds is 3. The van der Waals surface area contributed by atoms with Gasteiger partial charge in [-0.3, -0.25) is 0 Å². The van der Waals surface area contributed by atoms with Gasteiger partial charge in [0.2, 0.25) is 0 Å². The predicted molar refractivity (Wildman–Crippen MR) is 72.8 cm³/mol. The third kappa shape index (κ3) is 2.63. The van der Waals surface area contributed by atoms with Gasteiger partial charge in [0.05, 0.1) is 10.7 Å². The lowest BCUT2D eigenvalue weighted by Gasteiger charge is -2.10. The minimum absolute atomic E-state index is 0.426. The summed E-state index contributed by atoms with van der Waals surface area (Å²) in [6, 6.07) is 3.59. The molecule has 0 radical (unpaired) electrons. The number of hydrogen-bond acceptors (Lipinski definition) is 5. The van der Waals surface area contributed by atoms with Gasteiger partial charge in [0.25, 0.3) is 0 Å². The van der Waals surface area contributed by atoms with Crippen LogP contribution in [0, 0.1) is 13.8 Å². The highest BCUT2D eigenvalue weighted by Crippen LogP contribution is 2.32. The Kier molecular flexibility index (Phi) is 4.16. The van der Waals surface area contributed by atoms with Gasteiger partial charge in [0, 0.05) is 18.3 Å². The molecule has 0 bridgehead atoms. The van der Waals surface area contributed by atoms with Gasteiger partial charge >= 0.3 is 0 Å². The van der Waals surface area contributed by atoms with Crippen molar-refractivity contribution in [2.24, 2.45) is 5.73 Å². The maximum Gasteiger partial charge on any atom is 0.130 e. The molecule has 4 nitrogen and oxygen atoms in total. The van der Waals surface area contributed by atoms with Crippen LogP contribution in [-0.2, 0) is 6.54 Å². The van der Waals surface area contributed by atoms with Gasteiger partial charge in [-0.1, -0.05) is 11.6 Å². The van der Waals surface area contributed by atoms with Crippen LogP contribution >= 0.6 is 23.4 Å². The molecule has 2 aromatic rings. The Morgan fingerprint density at radius 3 is 2.72 bits per heavy atom. The standard InChI is InChI=1S/C12H13ClN4S/c1-7-8(2)16-17-11(9(7)6-14)18-12-10(13)4-3-5-15-12/h3-5H,6,14H2,1-2H3. The fraction of sp³-hybridized carbons (Fsp3) is 0.250. The van der Waals surface area contributed by atoms with E-state index in [1.165, 1.54) is 11.8 Å². The minimum atomic E-state index is 0.426. The Balaban J connectivity index is 2.41. The third-order valence-corrected chi connectivity index (χ3v) is 4.12. The summed E-state index contributed by atoms with van der Waals surface area (Å²) >= 11 is 7.47. The second kappa shape index (κ2) is 5.65. The average molecular weight is 281 g/mol. The van der Waals surface area contributed by atoms with Gasteiger partial charge in [0.15, 0.2) is 0 Å². The van der Waals surface area contributed by atoms with Crippen LogP contribution in [0.4, 0.5) is 0 Å². The van der Waals surface area contributed by atoms with E-state index in [1.807, 2.05) is 13.8 Å². The molecule has 0 spiro atoms. The van der Waals surface area contributed by atoms with Gasteiger partial charge in [-0.05, 0) is 43.3 Å². The number of hydrogen-bond donors (Lipinski definition) is 1. The zero-order valence-corrected chi connectivity index (χ0v) is 11.7. The largest absolute Gasteiger partial charge is 0.326 e. The summed E-state index contributed by atoms with van der Waals surface area (Å²) in [7, 11) is 0. The van der Waals surface area contributed by atoms with Crippen LogP contribution in [0.15, 0.2) is 28.4 Å². The normalized spacial score (nSPS) is 10.7. The summed E-state index contributed by atoms with van der Waals surface area (Å²) in [4.78, 5) is 4.22. The van der Waals surface area contributed by atoms with Gasteiger partial charge in [-0.2, -0.15) is 5.10 Å². The lowest BCUT2D eigenvalue weighted by Crippen LogP contribution is -2.07. The van der Waals surface area contributed by atoms with Crippen LogP contribution < -0.4 is 5.73 Å². The fourth-order valence-electron chi connectivity index (χ4n) is 1.49. The van der Waals surface area contributed by atoms with E-state index in [-0.39, 0.29) is 0 Å². The van der Waals surface area contributed by atoms with Gasteiger partial charge in [-0.15, -0.1) is 5.10 Å². The van der Waals surface area contributed by atoms with Gasteiger partial charge in [-0.25, -0.2) is 4.98 Å². The monoisotopic (exact) mass is 280 g/mol. The second-order valence-corrected chi connectivity index (χ2v) is 5.18. The molecular weight excluding hydrogens is 268 g/mol. The lowest BCUT2D eigenvalue weighted by molar-refractivity contribution is 0.823. The van der Waals surface area contributed by atoms with Crippen LogP contribution in [0.1, 0.15) is 16.8 Å². The molecule has 0 aliphatic heterocycles. The summed E-state index contributed by atoms with van der Waals surface area (Å²) in [5, 5.41) is 10.4. The molecule has 0 amide bonds. The predicted octanol–water partition coefficient (Wildman–Crippen LogP) is 2.75. The molecule has 6 heteroatoms. The van der Waals surface area contributed by atoms with Gasteiger partial charge < -0.3 is 5.73 Å². The number of nitrogens with zero attached hydrogens (tertiary/aromatic N) is 3. The molecule has 0 aliphatic carbocycles. The SMILES string of the molecule is Cc1nnc(Sc2ncccc2Cl)c(CN)c1C. The van der Waals surface area contributed by atoms with E-state index in [2.05, 4.69) is 15.2 Å². The molecule has 2 N–H and O–H groups in total. The molecule has 0 unspecified atom stereocenters. The molecule has 0 aromatic carbocycles. The molecule has 2 rings (SSSR count). The van der Waals surface area contributed by atoms with E-state index >= 15 is 0 Å². The minimum Gasteiger partial charge on any atom is -0.326 e. The van der Waals surface area contributed by atoms with Crippen molar-refractivity contribution >= 4 is 23.4 Å². The molecule has 2 aromatic heterocycles. The van der Waals surface area contributed by atoms with Crippen molar-refractivity contribution in [1.82, 2.24) is 15.2 Å². The number of aromatic nitrogens is 3. The van der Waals surface area contributed by atoms with Crippen molar-refractivity contribution < 1.29 is 0 Å². The maximum atomic E-state index is 6.08. The Bertz CT molecular complexity index is 574. The lowest BCUT2D eigenvalue weighted by atomic mass is 10.1. The molecule has 94 valence electrons. The fourth-order valence-corrected chi connectivity index (χ4v) is 2.64. The van der Waals surface area contributed by atoms with E-state index < -0.39 is 0 Å². The molecule has 0 atom stereocenters. The highest BCUT2D eigenvalue weighted by molar-refractivity contribution is 7.99. The molecule has 0 saturated carbocycles. The first-order chi connectivity index (χ1) is 8.63. The number of halogens is 1. The molecule has 0 fully saturated rings. The molecule has 18 heavy (non-hydrogen) atoms. The van der Waals surface area contributed by atoms with E-state index in [9.17, 15) is 0 Å². The van der Waals surface area contributed by atoms with Crippen LogP contribution in [0.25, 0.3) is 0 Å². The van der Waals surface area contributed by atoms with Crippen LogP contribution in [0.5, 0.6) is 0 Å². The topological polar surface area (TPSA) is 64.7 Å². The summed E-state index contributed by atoms with van der Waals surface area (Å²) in [6.45, 7) is 4.34. The van der Waals surface area contributed by atoms with Crippen molar-refractivity contribution in [3.63, 3.8) is 0 Å². The third-order valence-electron chi connectivity index (χ3n) is 2.67. The maximum absolute atomic E-state index is 6.08. The first-order valence-electron chi connectivity index (χ1n) is 5.44. The molecule has 0 aliphatic rings. The first kappa shape index (κ1) is 13.3. The van der Waals surface area contributed by atoms with Crippen molar-refractivity contribution in [3.8, 4) is 0 Å². The zero-order chi connectivity index (χ0) is 13.1. The van der Waals surface area contributed by atoms with Crippen LogP contribution in [-0.4, -0.2) is 15.2 Å². The van der Waals surface area contributed by atoms with Crippen molar-refractivity contribution in [2.45, 2.75) is 30.4 Å². The van der Waals surface area contributed by atoms with Crippen LogP contribution in [0.2, 0.25) is 5.02 Å². The Morgan fingerprint density at radius 2 is 2.06 bits per heavy atom. The molecular formula is C12H13ClN4S. The second-order valence-electron chi connectivity index (χ2n) is 3.79. The smallest absolute Gasteiger partial charge is 0.130 e. The van der Waals surface area contributed by atoms with Crippen molar-refractivity contribution in [3.05, 3.63) is 40.2 Å². The quantitative estimate of drug-likeness (QED) is 0.936. The molecule has 2 heterocycles. The average Bonchev–Trinajstić information content (AvgIpc) is 2.37. The van der Waals surface area contributed by atoms with E-state index in [4.69, 9.17) is 17.3 Å². The number of nitrogens with two attached hydrogens (primary N) is 1. The zero-order valence-electron chi connectivity index (χ0n) is 10.1. The van der Waals surface area contributed by atoms with E-state index in [0.29, 0.717) is 16.6 Å². The Morgan fingerprint density at radius 1 is 1.28 bits per heavy atom. The van der Waals surface area contributed by atoms with Crippen LogP contribution in [0.3, 0.4) is 0 Å². The Hall–Kier alpha value is -1.17. The van der Waals surface area contributed by atoms with Crippen molar-refractivity contribution in [2.75, 3.05) is 0 Å². The van der Waals surface area contributed by atoms with Crippen molar-refractivity contribution in [1.29, 1.82) is 0 Å². The number of pyridine rings is 1. The summed E-state index contributed by atoms with van der Waals surface area (Å²) in [5.74, 6) is 0. The summed E-state index contributed by atoms with van der Waals surface area (Å²) in [6.07, 6.45) is 1.70. The number of aryl methyl sites for hydroxylation is 1. The molecule has 0 saturated heterocycles. The van der Waals surface area contributed by atoms with E-state index in [0.717, 1.165) is 21.8 Å². The highest BCUT2D eigenvalue weighted by atomic mass is 35.5.